The maximum atomic E-state index is 12.9. The zero-order valence-corrected chi connectivity index (χ0v) is 15.2. The number of anilines is 1. The first-order valence-corrected chi connectivity index (χ1v) is 9.25. The van der Waals surface area contributed by atoms with Crippen LogP contribution in [0.2, 0.25) is 0 Å². The lowest BCUT2D eigenvalue weighted by Crippen LogP contribution is -2.32. The summed E-state index contributed by atoms with van der Waals surface area (Å²) in [5.41, 5.74) is 2.25. The molecule has 1 aromatic heterocycles. The van der Waals surface area contributed by atoms with Crippen LogP contribution in [0.5, 0.6) is 0 Å². The van der Waals surface area contributed by atoms with E-state index in [1.807, 2.05) is 11.8 Å². The Morgan fingerprint density at radius 1 is 1.12 bits per heavy atom. The molecule has 1 aromatic carbocycles. The summed E-state index contributed by atoms with van der Waals surface area (Å²) in [6.07, 6.45) is 5.20. The number of benzene rings is 1. The summed E-state index contributed by atoms with van der Waals surface area (Å²) in [5, 5.41) is 3.17. The van der Waals surface area contributed by atoms with Crippen molar-refractivity contribution in [1.29, 1.82) is 0 Å². The highest BCUT2D eigenvalue weighted by Gasteiger charge is 2.19. The molecule has 0 aliphatic carbocycles. The highest BCUT2D eigenvalue weighted by molar-refractivity contribution is 5.92. The van der Waals surface area contributed by atoms with Crippen LogP contribution in [0.1, 0.15) is 47.4 Å². The predicted molar refractivity (Wildman–Crippen MR) is 99.7 cm³/mol. The minimum absolute atomic E-state index is 0.0148. The van der Waals surface area contributed by atoms with Gasteiger partial charge in [-0.05, 0) is 49.9 Å². The third kappa shape index (κ3) is 5.00. The van der Waals surface area contributed by atoms with Crippen molar-refractivity contribution in [2.75, 3.05) is 25.0 Å². The fraction of sp³-hybridized carbons (Fsp3) is 0.450. The van der Waals surface area contributed by atoms with Crippen molar-refractivity contribution in [3.05, 3.63) is 53.1 Å². The zero-order chi connectivity index (χ0) is 18.4. The second-order valence-electron chi connectivity index (χ2n) is 6.73. The molecular formula is C20H25FN4O. The van der Waals surface area contributed by atoms with Crippen LogP contribution in [0.4, 0.5) is 10.3 Å². The van der Waals surface area contributed by atoms with Crippen molar-refractivity contribution in [1.82, 2.24) is 14.9 Å². The Morgan fingerprint density at radius 2 is 1.81 bits per heavy atom. The number of nitrogens with zero attached hydrogens (tertiary/aromatic N) is 3. The number of nitrogens with one attached hydrogen (secondary N) is 1. The number of hydrogen-bond acceptors (Lipinski definition) is 4. The second-order valence-corrected chi connectivity index (χ2v) is 6.73. The second kappa shape index (κ2) is 8.74. The Kier molecular flexibility index (Phi) is 6.15. The molecular weight excluding hydrogens is 331 g/mol. The molecule has 0 radical (unpaired) electrons. The number of amides is 1. The van der Waals surface area contributed by atoms with Crippen LogP contribution in [0.15, 0.2) is 30.3 Å². The highest BCUT2D eigenvalue weighted by Crippen LogP contribution is 2.14. The number of rotatable bonds is 5. The van der Waals surface area contributed by atoms with Crippen molar-refractivity contribution in [3.8, 4) is 0 Å². The maximum Gasteiger partial charge on any atom is 0.272 e. The topological polar surface area (TPSA) is 58.1 Å². The Morgan fingerprint density at radius 3 is 2.50 bits per heavy atom. The van der Waals surface area contributed by atoms with Crippen LogP contribution in [0.25, 0.3) is 0 Å². The van der Waals surface area contributed by atoms with Gasteiger partial charge in [0, 0.05) is 25.3 Å². The molecule has 2 heterocycles. The summed E-state index contributed by atoms with van der Waals surface area (Å²) in [6.45, 7) is 4.09. The Labute approximate surface area is 153 Å². The van der Waals surface area contributed by atoms with Gasteiger partial charge < -0.3 is 10.2 Å². The average molecular weight is 356 g/mol. The maximum absolute atomic E-state index is 12.9. The number of halogens is 1. The number of carbonyl (C=O) groups excluding carboxylic acids is 1. The molecule has 1 saturated heterocycles. The summed E-state index contributed by atoms with van der Waals surface area (Å²) in [6, 6.07) is 8.19. The van der Waals surface area contributed by atoms with Gasteiger partial charge in [-0.15, -0.1) is 0 Å². The monoisotopic (exact) mass is 356 g/mol. The van der Waals surface area contributed by atoms with E-state index < -0.39 is 0 Å². The molecule has 0 unspecified atom stereocenters. The molecule has 0 bridgehead atoms. The van der Waals surface area contributed by atoms with E-state index in [4.69, 9.17) is 0 Å². The fourth-order valence-electron chi connectivity index (χ4n) is 3.16. The molecule has 2 aromatic rings. The molecule has 138 valence electrons. The van der Waals surface area contributed by atoms with Crippen molar-refractivity contribution in [2.24, 2.45) is 0 Å². The number of hydrogen-bond donors (Lipinski definition) is 1. The minimum Gasteiger partial charge on any atom is -0.354 e. The van der Waals surface area contributed by atoms with Gasteiger partial charge in [-0.3, -0.25) is 4.79 Å². The summed E-state index contributed by atoms with van der Waals surface area (Å²) >= 11 is 0. The van der Waals surface area contributed by atoms with E-state index in [9.17, 15) is 9.18 Å². The molecule has 5 nitrogen and oxygen atoms in total. The van der Waals surface area contributed by atoms with Gasteiger partial charge in [0.2, 0.25) is 5.95 Å². The van der Waals surface area contributed by atoms with Crippen LogP contribution in [-0.4, -0.2) is 40.4 Å². The lowest BCUT2D eigenvalue weighted by atomic mass is 10.1. The van der Waals surface area contributed by atoms with Gasteiger partial charge in [0.25, 0.3) is 5.91 Å². The average Bonchev–Trinajstić information content (AvgIpc) is 2.92. The fourth-order valence-corrected chi connectivity index (χ4v) is 3.16. The summed E-state index contributed by atoms with van der Waals surface area (Å²) < 4.78 is 12.9. The van der Waals surface area contributed by atoms with Gasteiger partial charge in [-0.2, -0.15) is 0 Å². The van der Waals surface area contributed by atoms with Crippen LogP contribution >= 0.6 is 0 Å². The number of aromatic nitrogens is 2. The van der Waals surface area contributed by atoms with Gasteiger partial charge in [-0.1, -0.05) is 25.0 Å². The normalized spacial score (nSPS) is 14.8. The van der Waals surface area contributed by atoms with Crippen molar-refractivity contribution in [3.63, 3.8) is 0 Å². The van der Waals surface area contributed by atoms with Crippen molar-refractivity contribution < 1.29 is 9.18 Å². The molecule has 1 amide bonds. The standard InChI is InChI=1S/C20H25FN4O/c1-15-14-18(19(26)25-12-4-2-3-5-13-25)24-20(23-15)22-11-10-16-6-8-17(21)9-7-16/h6-9,14H,2-5,10-13H2,1H3,(H,22,23,24). The predicted octanol–water partition coefficient (Wildman–Crippen LogP) is 3.59. The quantitative estimate of drug-likeness (QED) is 0.889. The van der Waals surface area contributed by atoms with E-state index in [1.54, 1.807) is 18.2 Å². The number of aryl methyl sites for hydroxylation is 1. The summed E-state index contributed by atoms with van der Waals surface area (Å²) in [4.78, 5) is 23.4. The third-order valence-electron chi connectivity index (χ3n) is 4.58. The Hall–Kier alpha value is -2.50. The van der Waals surface area contributed by atoms with Crippen LogP contribution in [0, 0.1) is 12.7 Å². The Bertz CT molecular complexity index is 740. The van der Waals surface area contributed by atoms with Gasteiger partial charge in [-0.25, -0.2) is 14.4 Å². The first-order chi connectivity index (χ1) is 12.6. The van der Waals surface area contributed by atoms with Gasteiger partial charge in [0.05, 0.1) is 0 Å². The molecule has 0 saturated carbocycles. The van der Waals surface area contributed by atoms with Gasteiger partial charge in [0.15, 0.2) is 0 Å². The van der Waals surface area contributed by atoms with E-state index in [-0.39, 0.29) is 11.7 Å². The molecule has 1 N–H and O–H groups in total. The number of likely N-dealkylation sites (tertiary alicyclic amines) is 1. The Balaban J connectivity index is 1.63. The van der Waals surface area contributed by atoms with Gasteiger partial charge in [0.1, 0.15) is 11.5 Å². The zero-order valence-electron chi connectivity index (χ0n) is 15.2. The molecule has 26 heavy (non-hydrogen) atoms. The molecule has 3 rings (SSSR count). The van der Waals surface area contributed by atoms with Crippen molar-refractivity contribution in [2.45, 2.75) is 39.0 Å². The minimum atomic E-state index is -0.236. The lowest BCUT2D eigenvalue weighted by Gasteiger charge is -2.20. The van der Waals surface area contributed by atoms with E-state index >= 15 is 0 Å². The number of carbonyl (C=O) groups is 1. The molecule has 1 aliphatic heterocycles. The SMILES string of the molecule is Cc1cc(C(=O)N2CCCCCC2)nc(NCCc2ccc(F)cc2)n1. The van der Waals surface area contributed by atoms with E-state index in [1.165, 1.54) is 25.0 Å². The van der Waals surface area contributed by atoms with E-state index in [0.717, 1.165) is 43.6 Å². The lowest BCUT2D eigenvalue weighted by molar-refractivity contribution is 0.0755. The first kappa shape index (κ1) is 18.3. The smallest absolute Gasteiger partial charge is 0.272 e. The summed E-state index contributed by atoms with van der Waals surface area (Å²) in [7, 11) is 0. The highest BCUT2D eigenvalue weighted by atomic mass is 19.1. The molecule has 6 heteroatoms. The molecule has 1 aliphatic rings. The molecule has 0 atom stereocenters. The van der Waals surface area contributed by atoms with Crippen LogP contribution in [-0.2, 0) is 6.42 Å². The third-order valence-corrected chi connectivity index (χ3v) is 4.58. The van der Waals surface area contributed by atoms with E-state index in [0.29, 0.717) is 18.2 Å². The van der Waals surface area contributed by atoms with Crippen LogP contribution in [0.3, 0.4) is 0 Å². The van der Waals surface area contributed by atoms with E-state index in [2.05, 4.69) is 15.3 Å². The molecule has 0 spiro atoms. The van der Waals surface area contributed by atoms with Crippen LogP contribution < -0.4 is 5.32 Å². The van der Waals surface area contributed by atoms with Gasteiger partial charge >= 0.3 is 0 Å². The first-order valence-electron chi connectivity index (χ1n) is 9.25. The molecule has 1 fully saturated rings. The largest absolute Gasteiger partial charge is 0.354 e. The van der Waals surface area contributed by atoms with Crippen molar-refractivity contribution >= 4 is 11.9 Å². The summed E-state index contributed by atoms with van der Waals surface area (Å²) in [5.74, 6) is 0.213.